The lowest BCUT2D eigenvalue weighted by Crippen LogP contribution is -2.46. The molecule has 1 aliphatic rings. The first-order chi connectivity index (χ1) is 13.0. The van der Waals surface area contributed by atoms with Gasteiger partial charge in [0.2, 0.25) is 0 Å². The molecule has 27 heavy (non-hydrogen) atoms. The van der Waals surface area contributed by atoms with Gasteiger partial charge >= 0.3 is 6.03 Å². The van der Waals surface area contributed by atoms with Crippen LogP contribution >= 0.6 is 34.7 Å². The number of carbonyl (C=O) groups excluding carboxylic acids is 2. The minimum Gasteiger partial charge on any atom is -0.282 e. The van der Waals surface area contributed by atoms with Crippen molar-refractivity contribution in [3.8, 4) is 0 Å². The molecular weight excluding hydrogens is 404 g/mol. The molecule has 0 aliphatic carbocycles. The maximum Gasteiger partial charge on any atom is 0.339 e. The maximum atomic E-state index is 12.4. The maximum absolute atomic E-state index is 12.4. The number of nitrogens with one attached hydrogen (secondary N) is 2. The van der Waals surface area contributed by atoms with Crippen LogP contribution in [0, 0.1) is 6.92 Å². The van der Waals surface area contributed by atoms with Crippen molar-refractivity contribution in [2.75, 3.05) is 11.1 Å². The summed E-state index contributed by atoms with van der Waals surface area (Å²) in [5.74, 6) is 0.179. The Morgan fingerprint density at radius 3 is 2.93 bits per heavy atom. The number of thiazole rings is 1. The molecule has 9 heteroatoms. The molecule has 6 nitrogen and oxygen atoms in total. The topological polar surface area (TPSA) is 74.3 Å². The van der Waals surface area contributed by atoms with Crippen molar-refractivity contribution in [3.63, 3.8) is 0 Å². The van der Waals surface area contributed by atoms with Crippen molar-refractivity contribution in [3.05, 3.63) is 58.6 Å². The fourth-order valence-corrected chi connectivity index (χ4v) is 5.17. The zero-order valence-electron chi connectivity index (χ0n) is 14.2. The predicted molar refractivity (Wildman–Crippen MR) is 110 cm³/mol. The number of anilines is 1. The Balaban J connectivity index is 1.50. The fraction of sp³-hybridized carbons (Fsp3) is 0.167. The normalized spacial score (nSPS) is 16.7. The summed E-state index contributed by atoms with van der Waals surface area (Å²) >= 11 is 8.79. The molecule has 3 amide bonds. The van der Waals surface area contributed by atoms with E-state index < -0.39 is 6.03 Å². The summed E-state index contributed by atoms with van der Waals surface area (Å²) in [5, 5.41) is 4.88. The lowest BCUT2D eigenvalue weighted by molar-refractivity contribution is -0.130. The van der Waals surface area contributed by atoms with Crippen LogP contribution in [-0.4, -0.2) is 27.7 Å². The molecule has 2 aromatic carbocycles. The van der Waals surface area contributed by atoms with E-state index in [0.29, 0.717) is 15.9 Å². The standard InChI is InChI=1S/C18H15ClN4O2S2/c1-10-4-2-3-5-12(10)16-23(15(24)9-26-16)22-17(25)21-18-20-13-7-6-11(19)8-14(13)27-18/h2-8,16H,9H2,1H3,(H2,20,21,22,25). The summed E-state index contributed by atoms with van der Waals surface area (Å²) in [6.45, 7) is 1.99. The molecule has 3 aromatic rings. The van der Waals surface area contributed by atoms with Crippen LogP contribution in [0.2, 0.25) is 5.02 Å². The second-order valence-corrected chi connectivity index (χ2v) is 8.52. The monoisotopic (exact) mass is 418 g/mol. The predicted octanol–water partition coefficient (Wildman–Crippen LogP) is 4.57. The van der Waals surface area contributed by atoms with Gasteiger partial charge in [0, 0.05) is 5.02 Å². The second-order valence-electron chi connectivity index (χ2n) is 5.98. The molecule has 0 saturated carbocycles. The third kappa shape index (κ3) is 3.73. The average molecular weight is 419 g/mol. The first kappa shape index (κ1) is 18.1. The van der Waals surface area contributed by atoms with Crippen LogP contribution < -0.4 is 10.7 Å². The first-order valence-corrected chi connectivity index (χ1v) is 10.4. The number of aromatic nitrogens is 1. The largest absolute Gasteiger partial charge is 0.339 e. The third-order valence-electron chi connectivity index (χ3n) is 4.12. The summed E-state index contributed by atoms with van der Waals surface area (Å²) in [5.41, 5.74) is 5.49. The molecule has 138 valence electrons. The molecule has 1 saturated heterocycles. The molecule has 4 rings (SSSR count). The van der Waals surface area contributed by atoms with Gasteiger partial charge in [-0.25, -0.2) is 20.2 Å². The molecule has 1 aliphatic heterocycles. The smallest absolute Gasteiger partial charge is 0.282 e. The van der Waals surface area contributed by atoms with E-state index in [1.807, 2.05) is 31.2 Å². The number of nitrogens with zero attached hydrogens (tertiary/aromatic N) is 2. The highest BCUT2D eigenvalue weighted by molar-refractivity contribution is 8.00. The number of fused-ring (bicyclic) bond motifs is 1. The molecule has 1 aromatic heterocycles. The summed E-state index contributed by atoms with van der Waals surface area (Å²) in [4.78, 5) is 29.1. The average Bonchev–Trinajstić information content (AvgIpc) is 3.18. The first-order valence-electron chi connectivity index (χ1n) is 8.14. The van der Waals surface area contributed by atoms with Gasteiger partial charge in [0.1, 0.15) is 5.37 Å². The Morgan fingerprint density at radius 2 is 2.11 bits per heavy atom. The number of hydrogen-bond donors (Lipinski definition) is 2. The van der Waals surface area contributed by atoms with Crippen LogP contribution in [0.4, 0.5) is 9.93 Å². The Bertz CT molecular complexity index is 1040. The van der Waals surface area contributed by atoms with Gasteiger partial charge in [-0.1, -0.05) is 47.2 Å². The third-order valence-corrected chi connectivity index (χ3v) is 6.48. The van der Waals surface area contributed by atoms with Crippen LogP contribution in [0.15, 0.2) is 42.5 Å². The van der Waals surface area contributed by atoms with Crippen molar-refractivity contribution in [1.29, 1.82) is 0 Å². The molecule has 0 bridgehead atoms. The number of hydrazine groups is 1. The number of rotatable bonds is 3. The van der Waals surface area contributed by atoms with Crippen molar-refractivity contribution in [2.45, 2.75) is 12.3 Å². The molecule has 0 spiro atoms. The number of benzene rings is 2. The highest BCUT2D eigenvalue weighted by Crippen LogP contribution is 2.38. The highest BCUT2D eigenvalue weighted by atomic mass is 35.5. The van der Waals surface area contributed by atoms with Gasteiger partial charge in [-0.05, 0) is 36.2 Å². The number of carbonyl (C=O) groups is 2. The number of aryl methyl sites for hydroxylation is 1. The number of urea groups is 1. The quantitative estimate of drug-likeness (QED) is 0.653. The molecule has 0 radical (unpaired) electrons. The number of amides is 3. The number of hydrogen-bond acceptors (Lipinski definition) is 5. The van der Waals surface area contributed by atoms with E-state index in [1.165, 1.54) is 28.1 Å². The Hall–Kier alpha value is -2.29. The summed E-state index contributed by atoms with van der Waals surface area (Å²) in [6.07, 6.45) is 0. The van der Waals surface area contributed by atoms with E-state index in [1.54, 1.807) is 18.2 Å². The van der Waals surface area contributed by atoms with Crippen molar-refractivity contribution >= 4 is 62.0 Å². The van der Waals surface area contributed by atoms with Crippen molar-refractivity contribution in [1.82, 2.24) is 15.4 Å². The van der Waals surface area contributed by atoms with E-state index in [0.717, 1.165) is 21.3 Å². The van der Waals surface area contributed by atoms with Gasteiger partial charge in [0.05, 0.1) is 16.0 Å². The van der Waals surface area contributed by atoms with Crippen LogP contribution in [0.1, 0.15) is 16.5 Å². The highest BCUT2D eigenvalue weighted by Gasteiger charge is 2.35. The zero-order valence-corrected chi connectivity index (χ0v) is 16.6. The molecular formula is C18H15ClN4O2S2. The number of halogens is 1. The van der Waals surface area contributed by atoms with E-state index in [-0.39, 0.29) is 11.3 Å². The lowest BCUT2D eigenvalue weighted by Gasteiger charge is -2.25. The van der Waals surface area contributed by atoms with E-state index in [9.17, 15) is 9.59 Å². The van der Waals surface area contributed by atoms with Crippen molar-refractivity contribution in [2.24, 2.45) is 0 Å². The lowest BCUT2D eigenvalue weighted by atomic mass is 10.1. The SMILES string of the molecule is Cc1ccccc1C1SCC(=O)N1NC(=O)Nc1nc2ccc(Cl)cc2s1. The van der Waals surface area contributed by atoms with Crippen LogP contribution in [0.3, 0.4) is 0 Å². The molecule has 2 N–H and O–H groups in total. The van der Waals surface area contributed by atoms with Crippen LogP contribution in [0.5, 0.6) is 0 Å². The number of thioether (sulfide) groups is 1. The zero-order chi connectivity index (χ0) is 19.0. The van der Waals surface area contributed by atoms with E-state index >= 15 is 0 Å². The minimum atomic E-state index is -0.505. The van der Waals surface area contributed by atoms with Crippen LogP contribution in [-0.2, 0) is 4.79 Å². The summed E-state index contributed by atoms with van der Waals surface area (Å²) < 4.78 is 0.878. The van der Waals surface area contributed by atoms with Gasteiger partial charge in [0.25, 0.3) is 5.91 Å². The molecule has 1 unspecified atom stereocenters. The van der Waals surface area contributed by atoms with Crippen molar-refractivity contribution < 1.29 is 9.59 Å². The van der Waals surface area contributed by atoms with Gasteiger partial charge in [-0.15, -0.1) is 11.8 Å². The van der Waals surface area contributed by atoms with Gasteiger partial charge in [0.15, 0.2) is 5.13 Å². The van der Waals surface area contributed by atoms with Gasteiger partial charge in [-0.3, -0.25) is 10.1 Å². The van der Waals surface area contributed by atoms with Gasteiger partial charge in [-0.2, -0.15) is 0 Å². The van der Waals surface area contributed by atoms with Gasteiger partial charge < -0.3 is 0 Å². The van der Waals surface area contributed by atoms with Crippen LogP contribution in [0.25, 0.3) is 10.2 Å². The fourth-order valence-electron chi connectivity index (χ4n) is 2.83. The Kier molecular flexibility index (Phi) is 4.94. The summed E-state index contributed by atoms with van der Waals surface area (Å²) in [6, 6.07) is 12.7. The Morgan fingerprint density at radius 1 is 1.30 bits per heavy atom. The molecule has 1 fully saturated rings. The Labute approximate surface area is 168 Å². The summed E-state index contributed by atoms with van der Waals surface area (Å²) in [7, 11) is 0. The molecule has 1 atom stereocenters. The minimum absolute atomic E-state index is 0.139. The van der Waals surface area contributed by atoms with E-state index in [2.05, 4.69) is 15.7 Å². The molecule has 2 heterocycles. The second kappa shape index (κ2) is 7.38. The van der Waals surface area contributed by atoms with E-state index in [4.69, 9.17) is 11.6 Å².